The molecule has 1 amide bonds. The summed E-state index contributed by atoms with van der Waals surface area (Å²) in [7, 11) is 1.52. The van der Waals surface area contributed by atoms with Gasteiger partial charge in [0.05, 0.1) is 12.8 Å². The number of hydrogen-bond acceptors (Lipinski definition) is 5. The van der Waals surface area contributed by atoms with Gasteiger partial charge in [-0.15, -0.1) is 0 Å². The highest BCUT2D eigenvalue weighted by Gasteiger charge is 2.14. The standard InChI is InChI=1S/C21H21ClN4O2/c1-13-5-4-6-15(9-13)12-24-21-23-8-7-17(26-21)20(27)25-18-10-14(2)16(22)11-19(18)28-3/h4-11H,12H2,1-3H3,(H,25,27)(H,23,24,26). The molecule has 3 aromatic rings. The number of methoxy groups -OCH3 is 1. The second-order valence-corrected chi connectivity index (χ2v) is 6.77. The van der Waals surface area contributed by atoms with Gasteiger partial charge in [-0.1, -0.05) is 41.4 Å². The highest BCUT2D eigenvalue weighted by molar-refractivity contribution is 6.31. The molecule has 0 fully saturated rings. The molecule has 0 unspecified atom stereocenters. The average Bonchev–Trinajstić information content (AvgIpc) is 2.69. The van der Waals surface area contributed by atoms with Gasteiger partial charge in [0.1, 0.15) is 11.4 Å². The minimum atomic E-state index is -0.360. The van der Waals surface area contributed by atoms with Crippen LogP contribution in [0.25, 0.3) is 0 Å². The van der Waals surface area contributed by atoms with E-state index in [1.54, 1.807) is 24.4 Å². The molecule has 2 N–H and O–H groups in total. The molecule has 0 radical (unpaired) electrons. The Bertz CT molecular complexity index is 1010. The van der Waals surface area contributed by atoms with E-state index in [-0.39, 0.29) is 11.6 Å². The van der Waals surface area contributed by atoms with Crippen molar-refractivity contribution in [1.29, 1.82) is 0 Å². The molecule has 0 saturated heterocycles. The van der Waals surface area contributed by atoms with Crippen LogP contribution < -0.4 is 15.4 Å². The van der Waals surface area contributed by atoms with Crippen molar-refractivity contribution in [2.45, 2.75) is 20.4 Å². The molecule has 28 heavy (non-hydrogen) atoms. The fourth-order valence-electron chi connectivity index (χ4n) is 2.69. The van der Waals surface area contributed by atoms with E-state index in [1.807, 2.05) is 32.0 Å². The Kier molecular flexibility index (Phi) is 6.11. The molecular formula is C21H21ClN4O2. The SMILES string of the molecule is COc1cc(Cl)c(C)cc1NC(=O)c1ccnc(NCc2cccc(C)c2)n1. The van der Waals surface area contributed by atoms with Crippen LogP contribution in [0.2, 0.25) is 5.02 Å². The summed E-state index contributed by atoms with van der Waals surface area (Å²) in [6.45, 7) is 4.46. The molecule has 0 aliphatic carbocycles. The molecule has 0 atom stereocenters. The lowest BCUT2D eigenvalue weighted by Gasteiger charge is -2.12. The van der Waals surface area contributed by atoms with Crippen molar-refractivity contribution >= 4 is 29.1 Å². The summed E-state index contributed by atoms with van der Waals surface area (Å²) in [6, 6.07) is 13.1. The molecule has 3 rings (SSSR count). The normalized spacial score (nSPS) is 10.4. The summed E-state index contributed by atoms with van der Waals surface area (Å²) >= 11 is 6.11. The van der Waals surface area contributed by atoms with Gasteiger partial charge in [-0.05, 0) is 37.1 Å². The third kappa shape index (κ3) is 4.78. The van der Waals surface area contributed by atoms with Gasteiger partial charge < -0.3 is 15.4 Å². The second-order valence-electron chi connectivity index (χ2n) is 6.36. The van der Waals surface area contributed by atoms with E-state index in [2.05, 4.69) is 26.7 Å². The van der Waals surface area contributed by atoms with E-state index in [1.165, 1.54) is 12.7 Å². The number of hydrogen-bond donors (Lipinski definition) is 2. The fraction of sp³-hybridized carbons (Fsp3) is 0.190. The maximum absolute atomic E-state index is 12.6. The summed E-state index contributed by atoms with van der Waals surface area (Å²) in [5.41, 5.74) is 3.90. The van der Waals surface area contributed by atoms with E-state index >= 15 is 0 Å². The highest BCUT2D eigenvalue weighted by atomic mass is 35.5. The zero-order chi connectivity index (χ0) is 20.1. The summed E-state index contributed by atoms with van der Waals surface area (Å²) < 4.78 is 5.29. The van der Waals surface area contributed by atoms with Crippen LogP contribution >= 0.6 is 11.6 Å². The number of nitrogens with zero attached hydrogens (tertiary/aromatic N) is 2. The molecule has 0 spiro atoms. The Morgan fingerprint density at radius 3 is 2.75 bits per heavy atom. The van der Waals surface area contributed by atoms with Crippen molar-refractivity contribution in [2.24, 2.45) is 0 Å². The van der Waals surface area contributed by atoms with Crippen molar-refractivity contribution < 1.29 is 9.53 Å². The van der Waals surface area contributed by atoms with Crippen LogP contribution in [-0.2, 0) is 6.54 Å². The Morgan fingerprint density at radius 1 is 1.18 bits per heavy atom. The zero-order valence-corrected chi connectivity index (χ0v) is 16.7. The molecule has 0 aliphatic rings. The van der Waals surface area contributed by atoms with Crippen molar-refractivity contribution in [3.8, 4) is 5.75 Å². The maximum Gasteiger partial charge on any atom is 0.274 e. The summed E-state index contributed by atoms with van der Waals surface area (Å²) in [6.07, 6.45) is 1.55. The molecular weight excluding hydrogens is 376 g/mol. The van der Waals surface area contributed by atoms with Crippen molar-refractivity contribution in [1.82, 2.24) is 9.97 Å². The first kappa shape index (κ1) is 19.6. The second kappa shape index (κ2) is 8.71. The van der Waals surface area contributed by atoms with E-state index in [0.29, 0.717) is 29.0 Å². The molecule has 1 heterocycles. The topological polar surface area (TPSA) is 76.1 Å². The largest absolute Gasteiger partial charge is 0.495 e. The first-order valence-electron chi connectivity index (χ1n) is 8.74. The summed E-state index contributed by atoms with van der Waals surface area (Å²) in [5.74, 6) is 0.505. The van der Waals surface area contributed by atoms with E-state index < -0.39 is 0 Å². The first-order chi connectivity index (χ1) is 13.5. The van der Waals surface area contributed by atoms with E-state index in [9.17, 15) is 4.79 Å². The number of nitrogens with one attached hydrogen (secondary N) is 2. The molecule has 7 heteroatoms. The van der Waals surface area contributed by atoms with Gasteiger partial charge in [0.2, 0.25) is 5.95 Å². The minimum Gasteiger partial charge on any atom is -0.495 e. The minimum absolute atomic E-state index is 0.247. The van der Waals surface area contributed by atoms with E-state index in [4.69, 9.17) is 16.3 Å². The Hall–Kier alpha value is -3.12. The Morgan fingerprint density at radius 2 is 2.00 bits per heavy atom. The molecule has 0 bridgehead atoms. The van der Waals surface area contributed by atoms with Crippen LogP contribution in [0.3, 0.4) is 0 Å². The third-order valence-corrected chi connectivity index (χ3v) is 4.56. The van der Waals surface area contributed by atoms with E-state index in [0.717, 1.165) is 11.1 Å². The first-order valence-corrected chi connectivity index (χ1v) is 9.12. The lowest BCUT2D eigenvalue weighted by molar-refractivity contribution is 0.102. The van der Waals surface area contributed by atoms with Crippen LogP contribution in [0.5, 0.6) is 5.75 Å². The van der Waals surface area contributed by atoms with Gasteiger partial charge in [0.25, 0.3) is 5.91 Å². The monoisotopic (exact) mass is 396 g/mol. The maximum atomic E-state index is 12.6. The number of aromatic nitrogens is 2. The number of rotatable bonds is 6. The van der Waals surface area contributed by atoms with Crippen molar-refractivity contribution in [3.63, 3.8) is 0 Å². The van der Waals surface area contributed by atoms with Crippen LogP contribution in [0.1, 0.15) is 27.2 Å². The van der Waals surface area contributed by atoms with Gasteiger partial charge in [-0.25, -0.2) is 9.97 Å². The molecule has 2 aromatic carbocycles. The number of aryl methyl sites for hydroxylation is 2. The smallest absolute Gasteiger partial charge is 0.274 e. The predicted molar refractivity (Wildman–Crippen MR) is 111 cm³/mol. The zero-order valence-electron chi connectivity index (χ0n) is 15.9. The Labute approximate surface area is 168 Å². The van der Waals surface area contributed by atoms with Gasteiger partial charge >= 0.3 is 0 Å². The number of halogens is 1. The van der Waals surface area contributed by atoms with Gasteiger partial charge in [0, 0.05) is 23.8 Å². The number of amides is 1. The third-order valence-electron chi connectivity index (χ3n) is 4.15. The van der Waals surface area contributed by atoms with Crippen molar-refractivity contribution in [2.75, 3.05) is 17.7 Å². The summed E-state index contributed by atoms with van der Waals surface area (Å²) in [4.78, 5) is 21.1. The number of carbonyl (C=O) groups is 1. The average molecular weight is 397 g/mol. The number of benzene rings is 2. The van der Waals surface area contributed by atoms with Gasteiger partial charge in [-0.2, -0.15) is 0 Å². The molecule has 0 saturated carbocycles. The lowest BCUT2D eigenvalue weighted by atomic mass is 10.1. The lowest BCUT2D eigenvalue weighted by Crippen LogP contribution is -2.16. The molecule has 144 valence electrons. The van der Waals surface area contributed by atoms with Crippen LogP contribution in [0, 0.1) is 13.8 Å². The van der Waals surface area contributed by atoms with Crippen LogP contribution in [-0.4, -0.2) is 23.0 Å². The molecule has 6 nitrogen and oxygen atoms in total. The van der Waals surface area contributed by atoms with Crippen LogP contribution in [0.4, 0.5) is 11.6 Å². The number of carbonyl (C=O) groups excluding carboxylic acids is 1. The van der Waals surface area contributed by atoms with Crippen LogP contribution in [0.15, 0.2) is 48.7 Å². The number of anilines is 2. The quantitative estimate of drug-likeness (QED) is 0.635. The number of ether oxygens (including phenoxy) is 1. The van der Waals surface area contributed by atoms with Gasteiger partial charge in [-0.3, -0.25) is 4.79 Å². The predicted octanol–water partition coefficient (Wildman–Crippen LogP) is 4.62. The fourth-order valence-corrected chi connectivity index (χ4v) is 2.84. The summed E-state index contributed by atoms with van der Waals surface area (Å²) in [5, 5.41) is 6.52. The van der Waals surface area contributed by atoms with Gasteiger partial charge in [0.15, 0.2) is 0 Å². The molecule has 1 aromatic heterocycles. The van der Waals surface area contributed by atoms with Crippen molar-refractivity contribution in [3.05, 3.63) is 76.1 Å². The Balaban J connectivity index is 1.73. The molecule has 0 aliphatic heterocycles. The highest BCUT2D eigenvalue weighted by Crippen LogP contribution is 2.31.